The summed E-state index contributed by atoms with van der Waals surface area (Å²) in [6.45, 7) is 6.64. The first kappa shape index (κ1) is 13.1. The number of nitrogens with zero attached hydrogens (tertiary/aromatic N) is 1. The molecule has 1 aliphatic heterocycles. The molecule has 1 aromatic heterocycles. The van der Waals surface area contributed by atoms with E-state index in [0.29, 0.717) is 19.5 Å². The van der Waals surface area contributed by atoms with Gasteiger partial charge in [0.25, 0.3) is 0 Å². The van der Waals surface area contributed by atoms with Crippen molar-refractivity contribution < 1.29 is 9.59 Å². The molecular weight excluding hydrogens is 248 g/mol. The Kier molecular flexibility index (Phi) is 3.43. The van der Waals surface area contributed by atoms with E-state index in [1.54, 1.807) is 30.1 Å². The van der Waals surface area contributed by atoms with Crippen LogP contribution in [-0.4, -0.2) is 28.8 Å². The average molecular weight is 266 g/mol. The Morgan fingerprint density at radius 1 is 1.39 bits per heavy atom. The first-order valence-corrected chi connectivity index (χ1v) is 6.86. The topological polar surface area (TPSA) is 49.4 Å². The summed E-state index contributed by atoms with van der Waals surface area (Å²) in [4.78, 5) is 28.1. The number of hydrogen-bond acceptors (Lipinski definition) is 3. The Bertz CT molecular complexity index is 479. The maximum Gasteiger partial charge on any atom is 0.248 e. The molecule has 2 rings (SSSR count). The van der Waals surface area contributed by atoms with Crippen LogP contribution >= 0.6 is 11.3 Å². The molecule has 1 aromatic rings. The highest BCUT2D eigenvalue weighted by molar-refractivity contribution is 7.11. The van der Waals surface area contributed by atoms with E-state index in [0.717, 1.165) is 4.88 Å². The summed E-state index contributed by atoms with van der Waals surface area (Å²) in [6, 6.07) is 4.09. The van der Waals surface area contributed by atoms with Crippen molar-refractivity contribution in [2.45, 2.75) is 39.3 Å². The first-order valence-electron chi connectivity index (χ1n) is 6.04. The standard InChI is InChI=1S/C13H18N2O2S/c1-9-4-5-10(18-9)8-15-7-6-11(16)14-13(2,3)12(15)17/h4-5H,6-8H2,1-3H3,(H,14,16). The first-order chi connectivity index (χ1) is 8.38. The number of rotatable bonds is 2. The average Bonchev–Trinajstić information content (AvgIpc) is 2.64. The van der Waals surface area contributed by atoms with Crippen LogP contribution < -0.4 is 5.32 Å². The molecule has 0 bridgehead atoms. The molecule has 0 aliphatic carbocycles. The van der Waals surface area contributed by atoms with Crippen molar-refractivity contribution in [2.75, 3.05) is 6.54 Å². The van der Waals surface area contributed by atoms with Gasteiger partial charge in [0.15, 0.2) is 0 Å². The van der Waals surface area contributed by atoms with Gasteiger partial charge < -0.3 is 10.2 Å². The van der Waals surface area contributed by atoms with E-state index in [1.165, 1.54) is 4.88 Å². The number of hydrogen-bond donors (Lipinski definition) is 1. The van der Waals surface area contributed by atoms with Crippen LogP contribution in [0.25, 0.3) is 0 Å². The van der Waals surface area contributed by atoms with E-state index in [-0.39, 0.29) is 11.8 Å². The maximum absolute atomic E-state index is 12.3. The number of nitrogens with one attached hydrogen (secondary N) is 1. The Morgan fingerprint density at radius 2 is 2.11 bits per heavy atom. The van der Waals surface area contributed by atoms with Gasteiger partial charge in [0, 0.05) is 22.7 Å². The minimum Gasteiger partial charge on any atom is -0.342 e. The molecule has 1 N–H and O–H groups in total. The zero-order chi connectivity index (χ0) is 13.3. The van der Waals surface area contributed by atoms with Crippen molar-refractivity contribution >= 4 is 23.2 Å². The van der Waals surface area contributed by atoms with Crippen LogP contribution in [0.5, 0.6) is 0 Å². The molecule has 0 aromatic carbocycles. The van der Waals surface area contributed by atoms with Crippen molar-refractivity contribution in [1.29, 1.82) is 0 Å². The van der Waals surface area contributed by atoms with Crippen LogP contribution in [0.2, 0.25) is 0 Å². The van der Waals surface area contributed by atoms with Crippen LogP contribution in [0, 0.1) is 6.92 Å². The summed E-state index contributed by atoms with van der Waals surface area (Å²) in [6.07, 6.45) is 0.375. The van der Waals surface area contributed by atoms with Gasteiger partial charge in [0.05, 0.1) is 6.54 Å². The lowest BCUT2D eigenvalue weighted by Gasteiger charge is -2.28. The molecule has 0 unspecified atom stereocenters. The smallest absolute Gasteiger partial charge is 0.248 e. The molecule has 1 saturated heterocycles. The molecule has 1 fully saturated rings. The zero-order valence-electron chi connectivity index (χ0n) is 10.9. The Morgan fingerprint density at radius 3 is 2.72 bits per heavy atom. The SMILES string of the molecule is Cc1ccc(CN2CCC(=O)NC(C)(C)C2=O)s1. The van der Waals surface area contributed by atoms with Gasteiger partial charge in [-0.15, -0.1) is 11.3 Å². The van der Waals surface area contributed by atoms with Crippen molar-refractivity contribution in [3.05, 3.63) is 21.9 Å². The van der Waals surface area contributed by atoms with Crippen molar-refractivity contribution in [2.24, 2.45) is 0 Å². The molecular formula is C13H18N2O2S. The quantitative estimate of drug-likeness (QED) is 0.885. The van der Waals surface area contributed by atoms with Gasteiger partial charge in [-0.3, -0.25) is 9.59 Å². The molecule has 5 heteroatoms. The van der Waals surface area contributed by atoms with Gasteiger partial charge in [0.1, 0.15) is 5.54 Å². The van der Waals surface area contributed by atoms with Crippen LogP contribution in [0.4, 0.5) is 0 Å². The summed E-state index contributed by atoms with van der Waals surface area (Å²) in [7, 11) is 0. The highest BCUT2D eigenvalue weighted by Crippen LogP contribution is 2.20. The van der Waals surface area contributed by atoms with Gasteiger partial charge in [0.2, 0.25) is 11.8 Å². The molecule has 0 atom stereocenters. The molecule has 0 spiro atoms. The summed E-state index contributed by atoms with van der Waals surface area (Å²) < 4.78 is 0. The summed E-state index contributed by atoms with van der Waals surface area (Å²) in [5, 5.41) is 2.76. The van der Waals surface area contributed by atoms with E-state index >= 15 is 0 Å². The second-order valence-corrected chi connectivity index (χ2v) is 6.53. The fourth-order valence-corrected chi connectivity index (χ4v) is 3.01. The van der Waals surface area contributed by atoms with Gasteiger partial charge in [-0.2, -0.15) is 0 Å². The molecule has 0 radical (unpaired) electrons. The summed E-state index contributed by atoms with van der Waals surface area (Å²) in [5.74, 6) is -0.0717. The zero-order valence-corrected chi connectivity index (χ0v) is 11.8. The van der Waals surface area contributed by atoms with Gasteiger partial charge >= 0.3 is 0 Å². The summed E-state index contributed by atoms with van der Waals surface area (Å²) >= 11 is 1.69. The molecule has 18 heavy (non-hydrogen) atoms. The lowest BCUT2D eigenvalue weighted by Crippen LogP contribution is -2.52. The minimum absolute atomic E-state index is 0.0144. The van der Waals surface area contributed by atoms with Crippen molar-refractivity contribution in [1.82, 2.24) is 10.2 Å². The number of aryl methyl sites for hydroxylation is 1. The van der Waals surface area contributed by atoms with Gasteiger partial charge in [-0.25, -0.2) is 0 Å². The Balaban J connectivity index is 2.16. The lowest BCUT2D eigenvalue weighted by molar-refractivity contribution is -0.137. The van der Waals surface area contributed by atoms with E-state index in [9.17, 15) is 9.59 Å². The number of thiophene rings is 1. The Labute approximate surface area is 111 Å². The Hall–Kier alpha value is -1.36. The van der Waals surface area contributed by atoms with Crippen molar-refractivity contribution in [3.63, 3.8) is 0 Å². The van der Waals surface area contributed by atoms with Crippen molar-refractivity contribution in [3.8, 4) is 0 Å². The molecule has 4 nitrogen and oxygen atoms in total. The fraction of sp³-hybridized carbons (Fsp3) is 0.538. The normalized spacial score (nSPS) is 19.6. The van der Waals surface area contributed by atoms with E-state index in [4.69, 9.17) is 0 Å². The molecule has 98 valence electrons. The highest BCUT2D eigenvalue weighted by atomic mass is 32.1. The van der Waals surface area contributed by atoms with Gasteiger partial charge in [-0.1, -0.05) is 0 Å². The maximum atomic E-state index is 12.3. The van der Waals surface area contributed by atoms with E-state index in [2.05, 4.69) is 11.4 Å². The van der Waals surface area contributed by atoms with Crippen LogP contribution in [0.3, 0.4) is 0 Å². The second kappa shape index (κ2) is 4.72. The molecule has 2 heterocycles. The number of carbonyl (C=O) groups is 2. The van der Waals surface area contributed by atoms with E-state index in [1.807, 2.05) is 13.0 Å². The third-order valence-electron chi connectivity index (χ3n) is 3.03. The largest absolute Gasteiger partial charge is 0.342 e. The monoisotopic (exact) mass is 266 g/mol. The fourth-order valence-electron chi connectivity index (χ4n) is 2.11. The number of carbonyl (C=O) groups excluding carboxylic acids is 2. The van der Waals surface area contributed by atoms with Crippen LogP contribution in [-0.2, 0) is 16.1 Å². The second-order valence-electron chi connectivity index (χ2n) is 5.16. The van der Waals surface area contributed by atoms with Crippen LogP contribution in [0.15, 0.2) is 12.1 Å². The highest BCUT2D eigenvalue weighted by Gasteiger charge is 2.36. The third kappa shape index (κ3) is 2.72. The molecule has 2 amide bonds. The molecule has 0 saturated carbocycles. The third-order valence-corrected chi connectivity index (χ3v) is 4.01. The molecule has 1 aliphatic rings. The lowest BCUT2D eigenvalue weighted by atomic mass is 10.0. The summed E-state index contributed by atoms with van der Waals surface area (Å²) in [5.41, 5.74) is -0.806. The number of amides is 2. The van der Waals surface area contributed by atoms with Gasteiger partial charge in [-0.05, 0) is 32.9 Å². The predicted molar refractivity (Wildman–Crippen MR) is 71.3 cm³/mol. The van der Waals surface area contributed by atoms with E-state index < -0.39 is 5.54 Å². The minimum atomic E-state index is -0.806. The van der Waals surface area contributed by atoms with Crippen LogP contribution in [0.1, 0.15) is 30.0 Å². The predicted octanol–water partition coefficient (Wildman–Crippen LogP) is 1.68.